The molecule has 0 saturated carbocycles. The van der Waals surface area contributed by atoms with Gasteiger partial charge in [-0.3, -0.25) is 0 Å². The molecule has 1 unspecified atom stereocenters. The molecule has 0 amide bonds. The Morgan fingerprint density at radius 1 is 1.46 bits per heavy atom. The quantitative estimate of drug-likeness (QED) is 0.756. The molecular weight excluding hydrogens is 234 g/mol. The lowest BCUT2D eigenvalue weighted by molar-refractivity contribution is 0.0118. The zero-order valence-corrected chi connectivity index (χ0v) is 8.70. The Labute approximate surface area is 84.9 Å². The van der Waals surface area contributed by atoms with Gasteiger partial charge in [0.05, 0.1) is 11.9 Å². The van der Waals surface area contributed by atoms with E-state index in [1.807, 2.05) is 0 Å². The minimum atomic E-state index is 0.112. The number of aromatic nitrogens is 3. The second-order valence-electron chi connectivity index (χ2n) is 3.01. The van der Waals surface area contributed by atoms with Crippen molar-refractivity contribution in [3.8, 4) is 0 Å². The number of hydrogen-bond donors (Lipinski definition) is 0. The van der Waals surface area contributed by atoms with E-state index in [-0.39, 0.29) is 6.10 Å². The van der Waals surface area contributed by atoms with Gasteiger partial charge in [0.25, 0.3) is 0 Å². The Balaban J connectivity index is 2.14. The largest absolute Gasteiger partial charge is 0.372 e. The number of nitrogens with zero attached hydrogens (tertiary/aromatic N) is 3. The van der Waals surface area contributed by atoms with Gasteiger partial charge in [0.1, 0.15) is 6.10 Å². The average Bonchev–Trinajstić information content (AvgIpc) is 2.19. The van der Waals surface area contributed by atoms with Crippen molar-refractivity contribution in [2.24, 2.45) is 0 Å². The second kappa shape index (κ2) is 4.11. The van der Waals surface area contributed by atoms with Crippen LogP contribution in [0.3, 0.4) is 0 Å². The first-order valence-corrected chi connectivity index (χ1v) is 5.12. The number of hydrogen-bond acceptors (Lipinski definition) is 4. The molecule has 0 aromatic carbocycles. The molecule has 70 valence electrons. The molecule has 1 aromatic heterocycles. The smallest absolute Gasteiger partial charge is 0.218 e. The van der Waals surface area contributed by atoms with E-state index >= 15 is 0 Å². The molecule has 0 radical (unpaired) electrons. The molecule has 2 rings (SSSR count). The summed E-state index contributed by atoms with van der Waals surface area (Å²) in [4.78, 5) is 4.21. The molecule has 13 heavy (non-hydrogen) atoms. The van der Waals surface area contributed by atoms with Crippen LogP contribution in [0.2, 0.25) is 0 Å². The van der Waals surface area contributed by atoms with Gasteiger partial charge >= 0.3 is 0 Å². The molecule has 0 bridgehead atoms. The minimum Gasteiger partial charge on any atom is -0.372 e. The van der Waals surface area contributed by atoms with E-state index in [0.29, 0.717) is 4.73 Å². The van der Waals surface area contributed by atoms with E-state index in [2.05, 4.69) is 31.1 Å². The average molecular weight is 244 g/mol. The van der Waals surface area contributed by atoms with Crippen molar-refractivity contribution in [1.82, 2.24) is 15.2 Å². The molecule has 1 saturated heterocycles. The maximum absolute atomic E-state index is 5.57. The van der Waals surface area contributed by atoms with Crippen LogP contribution in [0.1, 0.15) is 31.1 Å². The molecule has 1 aliphatic heterocycles. The highest BCUT2D eigenvalue weighted by Gasteiger charge is 2.17. The lowest BCUT2D eigenvalue weighted by Crippen LogP contribution is -2.13. The molecule has 1 atom stereocenters. The van der Waals surface area contributed by atoms with Crippen molar-refractivity contribution < 1.29 is 4.74 Å². The van der Waals surface area contributed by atoms with Crippen molar-refractivity contribution in [1.29, 1.82) is 0 Å². The SMILES string of the molecule is Brc1nncc(C2CCCCO2)n1. The number of ether oxygens (including phenoxy) is 1. The first kappa shape index (κ1) is 9.02. The molecule has 1 aliphatic rings. The maximum atomic E-state index is 5.57. The molecule has 0 spiro atoms. The highest BCUT2D eigenvalue weighted by atomic mass is 79.9. The fourth-order valence-corrected chi connectivity index (χ4v) is 1.72. The van der Waals surface area contributed by atoms with E-state index < -0.39 is 0 Å². The van der Waals surface area contributed by atoms with Crippen LogP contribution in [0.4, 0.5) is 0 Å². The van der Waals surface area contributed by atoms with Crippen molar-refractivity contribution >= 4 is 15.9 Å². The van der Waals surface area contributed by atoms with Gasteiger partial charge in [-0.15, -0.1) is 5.10 Å². The summed E-state index contributed by atoms with van der Waals surface area (Å²) in [6, 6.07) is 0. The van der Waals surface area contributed by atoms with E-state index in [9.17, 15) is 0 Å². The van der Waals surface area contributed by atoms with Gasteiger partial charge in [0.15, 0.2) is 0 Å². The van der Waals surface area contributed by atoms with Crippen LogP contribution in [0.5, 0.6) is 0 Å². The van der Waals surface area contributed by atoms with E-state index in [1.54, 1.807) is 6.20 Å². The third-order valence-electron chi connectivity index (χ3n) is 2.06. The highest BCUT2D eigenvalue weighted by molar-refractivity contribution is 9.10. The maximum Gasteiger partial charge on any atom is 0.218 e. The Morgan fingerprint density at radius 3 is 3.08 bits per heavy atom. The first-order chi connectivity index (χ1) is 6.36. The zero-order valence-electron chi connectivity index (χ0n) is 7.11. The van der Waals surface area contributed by atoms with E-state index in [1.165, 1.54) is 6.42 Å². The van der Waals surface area contributed by atoms with Crippen molar-refractivity contribution in [2.75, 3.05) is 6.61 Å². The van der Waals surface area contributed by atoms with Gasteiger partial charge in [0, 0.05) is 6.61 Å². The van der Waals surface area contributed by atoms with Gasteiger partial charge in [-0.25, -0.2) is 4.98 Å². The molecule has 1 fully saturated rings. The summed E-state index contributed by atoms with van der Waals surface area (Å²) < 4.78 is 6.09. The van der Waals surface area contributed by atoms with Gasteiger partial charge in [-0.1, -0.05) is 0 Å². The summed E-state index contributed by atoms with van der Waals surface area (Å²) in [6.45, 7) is 0.826. The topological polar surface area (TPSA) is 47.9 Å². The minimum absolute atomic E-state index is 0.112. The lowest BCUT2D eigenvalue weighted by atomic mass is 10.1. The molecular formula is C8H10BrN3O. The van der Waals surface area contributed by atoms with Crippen LogP contribution in [0.25, 0.3) is 0 Å². The van der Waals surface area contributed by atoms with Gasteiger partial charge in [-0.05, 0) is 35.2 Å². The standard InChI is InChI=1S/C8H10BrN3O/c9-8-11-6(5-10-12-8)7-3-1-2-4-13-7/h5,7H,1-4H2. The monoisotopic (exact) mass is 243 g/mol. The van der Waals surface area contributed by atoms with Crippen LogP contribution >= 0.6 is 15.9 Å². The van der Waals surface area contributed by atoms with Gasteiger partial charge in [-0.2, -0.15) is 5.10 Å². The summed E-state index contributed by atoms with van der Waals surface area (Å²) in [7, 11) is 0. The summed E-state index contributed by atoms with van der Waals surface area (Å²) >= 11 is 3.19. The zero-order chi connectivity index (χ0) is 9.10. The van der Waals surface area contributed by atoms with Crippen LogP contribution < -0.4 is 0 Å². The molecule has 5 heteroatoms. The predicted molar refractivity (Wildman–Crippen MR) is 50.1 cm³/mol. The van der Waals surface area contributed by atoms with Crippen LogP contribution in [-0.4, -0.2) is 21.8 Å². The van der Waals surface area contributed by atoms with E-state index in [4.69, 9.17) is 4.74 Å². The predicted octanol–water partition coefficient (Wildman–Crippen LogP) is 1.88. The highest BCUT2D eigenvalue weighted by Crippen LogP contribution is 2.25. The van der Waals surface area contributed by atoms with Crippen molar-refractivity contribution in [2.45, 2.75) is 25.4 Å². The summed E-state index contributed by atoms with van der Waals surface area (Å²) in [5, 5.41) is 7.55. The molecule has 2 heterocycles. The molecule has 1 aromatic rings. The molecule has 4 nitrogen and oxygen atoms in total. The molecule has 0 aliphatic carbocycles. The third-order valence-corrected chi connectivity index (χ3v) is 2.40. The summed E-state index contributed by atoms with van der Waals surface area (Å²) in [5.74, 6) is 0. The fraction of sp³-hybridized carbons (Fsp3) is 0.625. The molecule has 0 N–H and O–H groups in total. The Hall–Kier alpha value is -0.550. The summed E-state index contributed by atoms with van der Waals surface area (Å²) in [6.07, 6.45) is 5.16. The van der Waals surface area contributed by atoms with Crippen molar-refractivity contribution in [3.63, 3.8) is 0 Å². The van der Waals surface area contributed by atoms with Crippen LogP contribution in [0, 0.1) is 0 Å². The second-order valence-corrected chi connectivity index (χ2v) is 3.71. The van der Waals surface area contributed by atoms with Crippen molar-refractivity contribution in [3.05, 3.63) is 16.6 Å². The number of halogens is 1. The van der Waals surface area contributed by atoms with E-state index in [0.717, 1.165) is 25.1 Å². The van der Waals surface area contributed by atoms with Crippen LogP contribution in [-0.2, 0) is 4.74 Å². The first-order valence-electron chi connectivity index (χ1n) is 4.33. The van der Waals surface area contributed by atoms with Crippen LogP contribution in [0.15, 0.2) is 10.9 Å². The Kier molecular flexibility index (Phi) is 2.85. The van der Waals surface area contributed by atoms with Gasteiger partial charge < -0.3 is 4.74 Å². The number of rotatable bonds is 1. The normalized spacial score (nSPS) is 23.0. The third kappa shape index (κ3) is 2.22. The van der Waals surface area contributed by atoms with Gasteiger partial charge in [0.2, 0.25) is 4.73 Å². The summed E-state index contributed by atoms with van der Waals surface area (Å²) in [5.41, 5.74) is 0.876. The fourth-order valence-electron chi connectivity index (χ4n) is 1.42. The Morgan fingerprint density at radius 2 is 2.38 bits per heavy atom. The lowest BCUT2D eigenvalue weighted by Gasteiger charge is -2.21. The Bertz CT molecular complexity index is 288.